The number of aromatic amines is 1. The van der Waals surface area contributed by atoms with Crippen LogP contribution in [0.2, 0.25) is 18.6 Å². The lowest BCUT2D eigenvalue weighted by Gasteiger charge is -2.37. The number of methoxy groups -OCH3 is 2. The van der Waals surface area contributed by atoms with Crippen LogP contribution >= 0.6 is 0 Å². The van der Waals surface area contributed by atoms with E-state index in [4.69, 9.17) is 14.2 Å². The third kappa shape index (κ3) is 6.86. The van der Waals surface area contributed by atoms with E-state index in [-0.39, 0.29) is 41.6 Å². The lowest BCUT2D eigenvalue weighted by Crippen LogP contribution is -2.51. The number of rotatable bonds is 13. The predicted octanol–water partition coefficient (Wildman–Crippen LogP) is 6.90. The maximum absolute atomic E-state index is 15.4. The highest BCUT2D eigenvalue weighted by atomic mass is 28.3. The predicted molar refractivity (Wildman–Crippen MR) is 238 cm³/mol. The molecule has 9 rings (SSSR count). The van der Waals surface area contributed by atoms with Crippen molar-refractivity contribution in [3.8, 4) is 17.2 Å². The van der Waals surface area contributed by atoms with Crippen molar-refractivity contribution >= 4 is 35.8 Å². The number of ether oxygens (including phenoxy) is 3. The second kappa shape index (κ2) is 16.0. The number of aryl methyl sites for hydroxylation is 1. The molecule has 61 heavy (non-hydrogen) atoms. The van der Waals surface area contributed by atoms with E-state index in [0.717, 1.165) is 33.6 Å². The van der Waals surface area contributed by atoms with Crippen LogP contribution in [0.4, 0.5) is 5.69 Å². The maximum Gasteiger partial charge on any atom is 0.279 e. The SMILES string of the molecule is COc1ccc([Si](C)(C)[C@H]2[C@H](CCn3cc(C(CO)c4ccccc4)nn3)O[C@@]3(C(=O)N(Cc4ccc(-n5[nH]c6ccccc6c5=O)cc4)c4ccc(OC)cc43)[C@@H]2C)cc1. The van der Waals surface area contributed by atoms with Gasteiger partial charge in [0.25, 0.3) is 11.5 Å². The van der Waals surface area contributed by atoms with E-state index in [9.17, 15) is 9.90 Å². The average Bonchev–Trinajstić information content (AvgIpc) is 4.03. The maximum atomic E-state index is 15.4. The van der Waals surface area contributed by atoms with Gasteiger partial charge in [0.15, 0.2) is 5.60 Å². The van der Waals surface area contributed by atoms with Gasteiger partial charge in [0.1, 0.15) is 11.5 Å². The number of amides is 1. The molecule has 1 saturated heterocycles. The number of carbonyl (C=O) groups excluding carboxylic acids is 1. The van der Waals surface area contributed by atoms with Crippen LogP contribution in [0.1, 0.15) is 41.6 Å². The van der Waals surface area contributed by atoms with Gasteiger partial charge in [-0.3, -0.25) is 19.4 Å². The molecule has 1 amide bonds. The standard InChI is InChI=1S/C48H50N6O6Si/c1-31-45(61(4,5)37-22-19-35(58-2)20-23-37)44(25-26-52-29-42(49-51-52)39(30-55)33-11-7-6-8-12-33)60-48(31)40-27-36(59-3)21-24-43(40)53(47(48)57)28-32-15-17-34(18-16-32)54-46(56)38-13-9-10-14-41(38)50-54/h6-24,27,29,31,39,44-45,50,55H,25-26,28,30H2,1-5H3/t31-,39?,44+,45-,48+/m1/s1. The third-order valence-electron chi connectivity index (χ3n) is 13.1. The van der Waals surface area contributed by atoms with Gasteiger partial charge in [-0.15, -0.1) is 5.10 Å². The minimum Gasteiger partial charge on any atom is -0.497 e. The van der Waals surface area contributed by atoms with Crippen LogP contribution in [0.15, 0.2) is 132 Å². The highest BCUT2D eigenvalue weighted by molar-refractivity contribution is 6.91. The average molecular weight is 835 g/mol. The summed E-state index contributed by atoms with van der Waals surface area (Å²) in [7, 11) is 0.890. The molecule has 0 radical (unpaired) electrons. The molecule has 1 unspecified atom stereocenters. The van der Waals surface area contributed by atoms with Gasteiger partial charge < -0.3 is 24.2 Å². The Kier molecular flexibility index (Phi) is 10.5. The van der Waals surface area contributed by atoms with Gasteiger partial charge in [-0.05, 0) is 77.7 Å². The number of nitrogens with one attached hydrogen (secondary N) is 1. The molecule has 1 fully saturated rings. The number of aliphatic hydroxyl groups is 1. The molecule has 2 N–H and O–H groups in total. The summed E-state index contributed by atoms with van der Waals surface area (Å²) in [5.74, 6) is 0.818. The molecule has 1 spiro atoms. The quantitative estimate of drug-likeness (QED) is 0.120. The van der Waals surface area contributed by atoms with Gasteiger partial charge in [0, 0.05) is 24.2 Å². The minimum absolute atomic E-state index is 0.00949. The monoisotopic (exact) mass is 834 g/mol. The Morgan fingerprint density at radius 3 is 2.30 bits per heavy atom. The van der Waals surface area contributed by atoms with E-state index in [1.165, 1.54) is 5.19 Å². The molecular weight excluding hydrogens is 785 g/mol. The van der Waals surface area contributed by atoms with Crippen LogP contribution < -0.4 is 25.1 Å². The van der Waals surface area contributed by atoms with Crippen molar-refractivity contribution in [3.63, 3.8) is 0 Å². The van der Waals surface area contributed by atoms with Crippen molar-refractivity contribution in [2.45, 2.75) is 62.7 Å². The number of para-hydroxylation sites is 1. The molecule has 2 aromatic heterocycles. The van der Waals surface area contributed by atoms with E-state index in [0.29, 0.717) is 42.0 Å². The van der Waals surface area contributed by atoms with E-state index < -0.39 is 13.7 Å². The van der Waals surface area contributed by atoms with E-state index >= 15 is 4.79 Å². The van der Waals surface area contributed by atoms with Gasteiger partial charge in [0.05, 0.1) is 75.4 Å². The van der Waals surface area contributed by atoms with E-state index in [1.54, 1.807) is 18.9 Å². The molecule has 2 aliphatic rings. The number of carbonyl (C=O) groups is 1. The highest BCUT2D eigenvalue weighted by Crippen LogP contribution is 2.60. The Bertz CT molecular complexity index is 2750. The summed E-state index contributed by atoms with van der Waals surface area (Å²) in [4.78, 5) is 30.5. The summed E-state index contributed by atoms with van der Waals surface area (Å²) in [5.41, 5.74) is 4.24. The first-order chi connectivity index (χ1) is 29.6. The van der Waals surface area contributed by atoms with Crippen LogP contribution in [0, 0.1) is 5.92 Å². The van der Waals surface area contributed by atoms with E-state index in [2.05, 4.69) is 47.6 Å². The molecular formula is C48H50N6O6Si. The van der Waals surface area contributed by atoms with Crippen LogP contribution in [-0.4, -0.2) is 70.8 Å². The van der Waals surface area contributed by atoms with Gasteiger partial charge in [0.2, 0.25) is 0 Å². The molecule has 5 atom stereocenters. The zero-order chi connectivity index (χ0) is 42.5. The highest BCUT2D eigenvalue weighted by Gasteiger charge is 2.66. The molecule has 13 heteroatoms. The number of aromatic nitrogens is 5. The number of H-pyrrole nitrogens is 1. The lowest BCUT2D eigenvalue weighted by atomic mass is 9.82. The Morgan fingerprint density at radius 1 is 0.885 bits per heavy atom. The number of hydrogen-bond donors (Lipinski definition) is 2. The summed E-state index contributed by atoms with van der Waals surface area (Å²) in [6.07, 6.45) is 2.18. The Hall–Kier alpha value is -6.28. The van der Waals surface area contributed by atoms with Crippen molar-refractivity contribution < 1.29 is 24.1 Å². The third-order valence-corrected chi connectivity index (χ3v) is 17.5. The molecule has 312 valence electrons. The Morgan fingerprint density at radius 2 is 1.59 bits per heavy atom. The fourth-order valence-corrected chi connectivity index (χ4v) is 14.0. The zero-order valence-electron chi connectivity index (χ0n) is 35.0. The molecule has 0 bridgehead atoms. The number of aliphatic hydroxyl groups excluding tert-OH is 1. The normalized spacial score (nSPS) is 20.4. The number of anilines is 1. The largest absolute Gasteiger partial charge is 0.497 e. The van der Waals surface area contributed by atoms with Crippen LogP contribution in [0.5, 0.6) is 11.5 Å². The Labute approximate surface area is 355 Å². The van der Waals surface area contributed by atoms with Crippen LogP contribution in [0.3, 0.4) is 0 Å². The van der Waals surface area contributed by atoms with E-state index in [1.807, 2.05) is 125 Å². The fourth-order valence-electron chi connectivity index (χ4n) is 9.92. The molecule has 0 aliphatic carbocycles. The lowest BCUT2D eigenvalue weighted by molar-refractivity contribution is -0.146. The molecule has 0 saturated carbocycles. The summed E-state index contributed by atoms with van der Waals surface area (Å²) in [5, 5.41) is 24.4. The molecule has 12 nitrogen and oxygen atoms in total. The number of hydrogen-bond acceptors (Lipinski definition) is 8. The van der Waals surface area contributed by atoms with Crippen molar-refractivity contribution in [1.82, 2.24) is 24.8 Å². The van der Waals surface area contributed by atoms with Crippen molar-refractivity contribution in [1.29, 1.82) is 0 Å². The molecule has 2 aliphatic heterocycles. The van der Waals surface area contributed by atoms with Crippen molar-refractivity contribution in [2.75, 3.05) is 25.7 Å². The minimum atomic E-state index is -2.42. The number of nitrogens with zero attached hydrogens (tertiary/aromatic N) is 5. The summed E-state index contributed by atoms with van der Waals surface area (Å²) < 4.78 is 22.1. The molecule has 7 aromatic rings. The van der Waals surface area contributed by atoms with Gasteiger partial charge >= 0.3 is 0 Å². The van der Waals surface area contributed by atoms with Gasteiger partial charge in [-0.1, -0.05) is 97.1 Å². The van der Waals surface area contributed by atoms with Crippen molar-refractivity contribution in [3.05, 3.63) is 160 Å². The van der Waals surface area contributed by atoms with Gasteiger partial charge in [-0.2, -0.15) is 0 Å². The summed E-state index contributed by atoms with van der Waals surface area (Å²) in [6, 6.07) is 39.2. The second-order valence-electron chi connectivity index (χ2n) is 16.7. The fraction of sp³-hybridized carbons (Fsp3) is 0.292. The first-order valence-corrected chi connectivity index (χ1v) is 23.8. The topological polar surface area (TPSA) is 137 Å². The van der Waals surface area contributed by atoms with Crippen LogP contribution in [-0.2, 0) is 28.2 Å². The Balaban J connectivity index is 1.06. The first kappa shape index (κ1) is 40.1. The zero-order valence-corrected chi connectivity index (χ0v) is 36.0. The van der Waals surface area contributed by atoms with Gasteiger partial charge in [-0.25, -0.2) is 4.68 Å². The first-order valence-electron chi connectivity index (χ1n) is 20.7. The molecule has 5 aromatic carbocycles. The van der Waals surface area contributed by atoms with Crippen LogP contribution in [0.25, 0.3) is 16.6 Å². The summed E-state index contributed by atoms with van der Waals surface area (Å²) >= 11 is 0. The molecule has 4 heterocycles. The smallest absolute Gasteiger partial charge is 0.279 e. The van der Waals surface area contributed by atoms with Crippen molar-refractivity contribution in [2.24, 2.45) is 5.92 Å². The number of fused-ring (bicyclic) bond motifs is 3. The summed E-state index contributed by atoms with van der Waals surface area (Å²) in [6.45, 7) is 7.64. The number of benzene rings is 5. The second-order valence-corrected chi connectivity index (χ2v) is 21.4.